The molecule has 2 rings (SSSR count). The SMILES string of the molecule is Cc1cnc(CCNC(=O)COc2ccccc2F)o1. The lowest BCUT2D eigenvalue weighted by Gasteiger charge is -2.07. The molecule has 0 aliphatic carbocycles. The van der Waals surface area contributed by atoms with Gasteiger partial charge >= 0.3 is 0 Å². The van der Waals surface area contributed by atoms with Gasteiger partial charge in [0.1, 0.15) is 5.76 Å². The minimum Gasteiger partial charge on any atom is -0.481 e. The highest BCUT2D eigenvalue weighted by Gasteiger charge is 2.06. The molecular formula is C14H15FN2O3. The zero-order chi connectivity index (χ0) is 14.4. The fraction of sp³-hybridized carbons (Fsp3) is 0.286. The van der Waals surface area contributed by atoms with Gasteiger partial charge in [-0.05, 0) is 19.1 Å². The first-order chi connectivity index (χ1) is 9.65. The lowest BCUT2D eigenvalue weighted by atomic mass is 10.3. The standard InChI is InChI=1S/C14H15FN2O3/c1-10-8-17-14(20-10)6-7-16-13(18)9-19-12-5-3-2-4-11(12)15/h2-5,8H,6-7,9H2,1H3,(H,16,18). The van der Waals surface area contributed by atoms with E-state index in [4.69, 9.17) is 9.15 Å². The Kier molecular flexibility index (Phi) is 4.70. The van der Waals surface area contributed by atoms with Crippen molar-refractivity contribution in [3.8, 4) is 5.75 Å². The Labute approximate surface area is 115 Å². The second kappa shape index (κ2) is 6.70. The Morgan fingerprint density at radius 2 is 2.25 bits per heavy atom. The molecule has 20 heavy (non-hydrogen) atoms. The Morgan fingerprint density at radius 1 is 1.45 bits per heavy atom. The Hall–Kier alpha value is -2.37. The molecule has 5 nitrogen and oxygen atoms in total. The molecule has 0 aliphatic heterocycles. The summed E-state index contributed by atoms with van der Waals surface area (Å²) in [5.41, 5.74) is 0. The van der Waals surface area contributed by atoms with Gasteiger partial charge in [0.15, 0.2) is 24.1 Å². The highest BCUT2D eigenvalue weighted by Crippen LogP contribution is 2.14. The van der Waals surface area contributed by atoms with Crippen LogP contribution in [0.4, 0.5) is 4.39 Å². The molecule has 0 spiro atoms. The first-order valence-corrected chi connectivity index (χ1v) is 6.20. The molecular weight excluding hydrogens is 263 g/mol. The number of benzene rings is 1. The number of rotatable bonds is 6. The average Bonchev–Trinajstić information content (AvgIpc) is 2.83. The normalized spacial score (nSPS) is 10.3. The Bertz CT molecular complexity index is 583. The number of hydrogen-bond donors (Lipinski definition) is 1. The Morgan fingerprint density at radius 3 is 2.95 bits per heavy atom. The number of halogens is 1. The number of carbonyl (C=O) groups excluding carboxylic acids is 1. The molecule has 0 aliphatic rings. The fourth-order valence-corrected chi connectivity index (χ4v) is 1.58. The molecule has 106 valence electrons. The first kappa shape index (κ1) is 14.0. The summed E-state index contributed by atoms with van der Waals surface area (Å²) in [6.45, 7) is 1.96. The largest absolute Gasteiger partial charge is 0.481 e. The molecule has 0 saturated heterocycles. The lowest BCUT2D eigenvalue weighted by Crippen LogP contribution is -2.30. The van der Waals surface area contributed by atoms with Crippen molar-refractivity contribution in [2.75, 3.05) is 13.2 Å². The molecule has 0 atom stereocenters. The van der Waals surface area contributed by atoms with Crippen LogP contribution in [0.25, 0.3) is 0 Å². The van der Waals surface area contributed by atoms with E-state index >= 15 is 0 Å². The van der Waals surface area contributed by atoms with Crippen molar-refractivity contribution < 1.29 is 18.3 Å². The van der Waals surface area contributed by atoms with Gasteiger partial charge in [0, 0.05) is 13.0 Å². The minimum absolute atomic E-state index is 0.0611. The van der Waals surface area contributed by atoms with Crippen molar-refractivity contribution in [3.63, 3.8) is 0 Å². The zero-order valence-corrected chi connectivity index (χ0v) is 11.1. The van der Waals surface area contributed by atoms with Gasteiger partial charge in [-0.15, -0.1) is 0 Å². The summed E-state index contributed by atoms with van der Waals surface area (Å²) in [5.74, 6) is 0.546. The maximum atomic E-state index is 13.2. The molecule has 1 heterocycles. The maximum absolute atomic E-state index is 13.2. The highest BCUT2D eigenvalue weighted by molar-refractivity contribution is 5.77. The number of aromatic nitrogens is 1. The summed E-state index contributed by atoms with van der Waals surface area (Å²) < 4.78 is 23.6. The number of aryl methyl sites for hydroxylation is 1. The van der Waals surface area contributed by atoms with E-state index in [1.165, 1.54) is 12.1 Å². The summed E-state index contributed by atoms with van der Waals surface area (Å²) in [5, 5.41) is 2.64. The molecule has 0 radical (unpaired) electrons. The number of nitrogens with zero attached hydrogens (tertiary/aromatic N) is 1. The summed E-state index contributed by atoms with van der Waals surface area (Å²) in [6, 6.07) is 5.94. The molecule has 6 heteroatoms. The van der Waals surface area contributed by atoms with Crippen LogP contribution in [-0.4, -0.2) is 24.0 Å². The molecule has 1 aromatic heterocycles. The van der Waals surface area contributed by atoms with Gasteiger partial charge in [0.25, 0.3) is 5.91 Å². The van der Waals surface area contributed by atoms with Crippen molar-refractivity contribution in [3.05, 3.63) is 47.9 Å². The van der Waals surface area contributed by atoms with E-state index in [9.17, 15) is 9.18 Å². The van der Waals surface area contributed by atoms with Crippen molar-refractivity contribution in [1.29, 1.82) is 0 Å². The zero-order valence-electron chi connectivity index (χ0n) is 11.1. The van der Waals surface area contributed by atoms with E-state index in [1.54, 1.807) is 25.3 Å². The minimum atomic E-state index is -0.490. The van der Waals surface area contributed by atoms with Crippen molar-refractivity contribution in [1.82, 2.24) is 10.3 Å². The van der Waals surface area contributed by atoms with Gasteiger partial charge in [-0.2, -0.15) is 0 Å². The van der Waals surface area contributed by atoms with E-state index in [2.05, 4.69) is 10.3 Å². The van der Waals surface area contributed by atoms with E-state index in [0.29, 0.717) is 18.9 Å². The molecule has 0 unspecified atom stereocenters. The van der Waals surface area contributed by atoms with Gasteiger partial charge in [-0.25, -0.2) is 9.37 Å². The Balaban J connectivity index is 1.69. The number of hydrogen-bond acceptors (Lipinski definition) is 4. The number of oxazole rings is 1. The summed E-state index contributed by atoms with van der Waals surface area (Å²) >= 11 is 0. The summed E-state index contributed by atoms with van der Waals surface area (Å²) in [6.07, 6.45) is 2.12. The molecule has 0 fully saturated rings. The number of nitrogens with one attached hydrogen (secondary N) is 1. The van der Waals surface area contributed by atoms with Crippen LogP contribution in [0.5, 0.6) is 5.75 Å². The molecule has 1 amide bonds. The maximum Gasteiger partial charge on any atom is 0.257 e. The molecule has 2 aromatic rings. The van der Waals surface area contributed by atoms with Gasteiger partial charge in [-0.3, -0.25) is 4.79 Å². The average molecular weight is 278 g/mol. The van der Waals surface area contributed by atoms with Gasteiger partial charge in [0.05, 0.1) is 6.20 Å². The first-order valence-electron chi connectivity index (χ1n) is 6.20. The van der Waals surface area contributed by atoms with Gasteiger partial charge in [0.2, 0.25) is 0 Å². The van der Waals surface area contributed by atoms with Crippen LogP contribution in [-0.2, 0) is 11.2 Å². The van der Waals surface area contributed by atoms with Crippen LogP contribution >= 0.6 is 0 Å². The molecule has 0 saturated carbocycles. The van der Waals surface area contributed by atoms with Crippen molar-refractivity contribution in [2.24, 2.45) is 0 Å². The summed E-state index contributed by atoms with van der Waals surface area (Å²) in [7, 11) is 0. The third kappa shape index (κ3) is 4.08. The fourth-order valence-electron chi connectivity index (χ4n) is 1.58. The summed E-state index contributed by atoms with van der Waals surface area (Å²) in [4.78, 5) is 15.5. The topological polar surface area (TPSA) is 64.4 Å². The predicted octanol–water partition coefficient (Wildman–Crippen LogP) is 1.86. The number of carbonyl (C=O) groups is 1. The quantitative estimate of drug-likeness (QED) is 0.876. The van der Waals surface area contributed by atoms with E-state index in [-0.39, 0.29) is 18.3 Å². The monoisotopic (exact) mass is 278 g/mol. The van der Waals surface area contributed by atoms with Crippen LogP contribution in [0, 0.1) is 12.7 Å². The van der Waals surface area contributed by atoms with Crippen LogP contribution in [0.3, 0.4) is 0 Å². The van der Waals surface area contributed by atoms with E-state index < -0.39 is 5.82 Å². The van der Waals surface area contributed by atoms with Crippen LogP contribution in [0.2, 0.25) is 0 Å². The number of para-hydroxylation sites is 1. The lowest BCUT2D eigenvalue weighted by molar-refractivity contribution is -0.123. The second-order valence-electron chi connectivity index (χ2n) is 4.18. The number of amides is 1. The van der Waals surface area contributed by atoms with Crippen molar-refractivity contribution >= 4 is 5.91 Å². The van der Waals surface area contributed by atoms with E-state index in [1.807, 2.05) is 0 Å². The van der Waals surface area contributed by atoms with E-state index in [0.717, 1.165) is 5.76 Å². The van der Waals surface area contributed by atoms with Gasteiger partial charge in [-0.1, -0.05) is 12.1 Å². The predicted molar refractivity (Wildman–Crippen MR) is 69.8 cm³/mol. The van der Waals surface area contributed by atoms with Crippen LogP contribution < -0.4 is 10.1 Å². The van der Waals surface area contributed by atoms with Crippen molar-refractivity contribution in [2.45, 2.75) is 13.3 Å². The smallest absolute Gasteiger partial charge is 0.257 e. The third-order valence-corrected chi connectivity index (χ3v) is 2.53. The third-order valence-electron chi connectivity index (χ3n) is 2.53. The highest BCUT2D eigenvalue weighted by atomic mass is 19.1. The van der Waals surface area contributed by atoms with Gasteiger partial charge < -0.3 is 14.5 Å². The molecule has 1 aromatic carbocycles. The molecule has 1 N–H and O–H groups in total. The molecule has 0 bridgehead atoms. The van der Waals surface area contributed by atoms with Crippen LogP contribution in [0.15, 0.2) is 34.9 Å². The van der Waals surface area contributed by atoms with Crippen LogP contribution in [0.1, 0.15) is 11.7 Å². The number of ether oxygens (including phenoxy) is 1. The second-order valence-corrected chi connectivity index (χ2v) is 4.18.